The number of hydrogen-bond acceptors (Lipinski definition) is 5. The lowest BCUT2D eigenvalue weighted by Crippen LogP contribution is -2.31. The van der Waals surface area contributed by atoms with Crippen molar-refractivity contribution in [2.75, 3.05) is 24.2 Å². The molecule has 1 fully saturated rings. The molecule has 6 nitrogen and oxygen atoms in total. The number of amides is 1. The number of nitriles is 1. The van der Waals surface area contributed by atoms with E-state index in [1.165, 1.54) is 23.9 Å². The molecule has 0 aromatic heterocycles. The minimum Gasteiger partial charge on any atom is -0.321 e. The smallest absolute Gasteiger partial charge is 0.255 e. The fraction of sp³-hybridized carbons (Fsp3) is 0.364. The van der Waals surface area contributed by atoms with Gasteiger partial charge in [-0.25, -0.2) is 8.42 Å². The van der Waals surface area contributed by atoms with Crippen LogP contribution >= 0.6 is 11.8 Å². The number of para-hydroxylation sites is 1. The predicted molar refractivity (Wildman–Crippen MR) is 119 cm³/mol. The van der Waals surface area contributed by atoms with Gasteiger partial charge < -0.3 is 5.32 Å². The third kappa shape index (κ3) is 5.63. The molecule has 30 heavy (non-hydrogen) atoms. The van der Waals surface area contributed by atoms with E-state index in [1.807, 2.05) is 24.3 Å². The lowest BCUT2D eigenvalue weighted by molar-refractivity contribution is 0.102. The SMILES string of the molecule is N#CCCSc1ccccc1NC(=O)c1ccc(S(=O)(=O)N2CCCCCC2)cc1. The first-order chi connectivity index (χ1) is 14.5. The van der Waals surface area contributed by atoms with E-state index < -0.39 is 10.0 Å². The van der Waals surface area contributed by atoms with Gasteiger partial charge in [0.2, 0.25) is 10.0 Å². The van der Waals surface area contributed by atoms with Crippen LogP contribution in [0, 0.1) is 11.3 Å². The second-order valence-electron chi connectivity index (χ2n) is 7.05. The summed E-state index contributed by atoms with van der Waals surface area (Å²) in [5.41, 5.74) is 1.06. The van der Waals surface area contributed by atoms with Gasteiger partial charge in [0, 0.05) is 35.7 Å². The summed E-state index contributed by atoms with van der Waals surface area (Å²) < 4.78 is 27.3. The van der Waals surface area contributed by atoms with Crippen molar-refractivity contribution >= 4 is 33.4 Å². The van der Waals surface area contributed by atoms with Crippen molar-refractivity contribution in [1.82, 2.24) is 4.31 Å². The zero-order valence-corrected chi connectivity index (χ0v) is 18.3. The fourth-order valence-corrected chi connectivity index (χ4v) is 5.69. The molecule has 0 aliphatic carbocycles. The third-order valence-electron chi connectivity index (χ3n) is 4.93. The number of anilines is 1. The largest absolute Gasteiger partial charge is 0.321 e. The molecule has 8 heteroatoms. The van der Waals surface area contributed by atoms with Gasteiger partial charge in [-0.3, -0.25) is 4.79 Å². The molecule has 0 unspecified atom stereocenters. The maximum atomic E-state index is 12.9. The highest BCUT2D eigenvalue weighted by atomic mass is 32.2. The van der Waals surface area contributed by atoms with E-state index in [2.05, 4.69) is 11.4 Å². The van der Waals surface area contributed by atoms with E-state index in [0.717, 1.165) is 30.6 Å². The van der Waals surface area contributed by atoms with Crippen molar-refractivity contribution in [3.8, 4) is 6.07 Å². The first-order valence-corrected chi connectivity index (χ1v) is 12.5. The van der Waals surface area contributed by atoms with Crippen LogP contribution in [0.25, 0.3) is 0 Å². The molecule has 1 N–H and O–H groups in total. The monoisotopic (exact) mass is 443 g/mol. The number of rotatable bonds is 7. The fourth-order valence-electron chi connectivity index (χ4n) is 3.31. The maximum Gasteiger partial charge on any atom is 0.255 e. The van der Waals surface area contributed by atoms with Crippen molar-refractivity contribution in [2.45, 2.75) is 41.9 Å². The number of hydrogen-bond donors (Lipinski definition) is 1. The average molecular weight is 444 g/mol. The summed E-state index contributed by atoms with van der Waals surface area (Å²) in [5, 5.41) is 11.6. The third-order valence-corrected chi connectivity index (χ3v) is 7.91. The van der Waals surface area contributed by atoms with Gasteiger partial charge in [-0.1, -0.05) is 25.0 Å². The molecule has 1 aliphatic rings. The number of nitrogens with zero attached hydrogens (tertiary/aromatic N) is 2. The van der Waals surface area contributed by atoms with Crippen molar-refractivity contribution < 1.29 is 13.2 Å². The molecule has 0 saturated carbocycles. The highest BCUT2D eigenvalue weighted by Crippen LogP contribution is 2.28. The van der Waals surface area contributed by atoms with Crippen molar-refractivity contribution in [2.24, 2.45) is 0 Å². The first kappa shape index (κ1) is 22.3. The normalized spacial score (nSPS) is 15.2. The molecule has 1 amide bonds. The molecule has 2 aromatic carbocycles. The molecule has 2 aromatic rings. The van der Waals surface area contributed by atoms with Gasteiger partial charge in [-0.2, -0.15) is 9.57 Å². The van der Waals surface area contributed by atoms with Gasteiger partial charge in [-0.15, -0.1) is 11.8 Å². The van der Waals surface area contributed by atoms with E-state index in [4.69, 9.17) is 5.26 Å². The predicted octanol–water partition coefficient (Wildman–Crippen LogP) is 4.51. The van der Waals surface area contributed by atoms with Crippen LogP contribution in [0.4, 0.5) is 5.69 Å². The van der Waals surface area contributed by atoms with Crippen molar-refractivity contribution in [3.63, 3.8) is 0 Å². The molecule has 0 radical (unpaired) electrons. The Morgan fingerprint density at radius 1 is 1.03 bits per heavy atom. The van der Waals surface area contributed by atoms with E-state index in [0.29, 0.717) is 36.5 Å². The summed E-state index contributed by atoms with van der Waals surface area (Å²) >= 11 is 1.51. The number of sulfonamides is 1. The average Bonchev–Trinajstić information content (AvgIpc) is 3.05. The van der Waals surface area contributed by atoms with E-state index >= 15 is 0 Å². The zero-order chi connectivity index (χ0) is 21.4. The molecule has 1 aliphatic heterocycles. The zero-order valence-electron chi connectivity index (χ0n) is 16.7. The van der Waals surface area contributed by atoms with Gasteiger partial charge in [-0.05, 0) is 49.2 Å². The van der Waals surface area contributed by atoms with Gasteiger partial charge in [0.25, 0.3) is 5.91 Å². The molecular weight excluding hydrogens is 418 g/mol. The van der Waals surface area contributed by atoms with E-state index in [1.54, 1.807) is 16.4 Å². The van der Waals surface area contributed by atoms with Crippen LogP contribution in [0.15, 0.2) is 58.3 Å². The highest BCUT2D eigenvalue weighted by Gasteiger charge is 2.25. The molecule has 0 bridgehead atoms. The molecule has 0 atom stereocenters. The van der Waals surface area contributed by atoms with Crippen LogP contribution in [-0.2, 0) is 10.0 Å². The molecule has 3 rings (SSSR count). The standard InChI is InChI=1S/C22H25N3O3S2/c23-14-7-17-29-21-9-4-3-8-20(21)24-22(26)18-10-12-19(13-11-18)30(27,28)25-15-5-1-2-6-16-25/h3-4,8-13H,1-2,5-7,15-17H2,(H,24,26). The first-order valence-electron chi connectivity index (χ1n) is 10.0. The van der Waals surface area contributed by atoms with Gasteiger partial charge >= 0.3 is 0 Å². The summed E-state index contributed by atoms with van der Waals surface area (Å²) in [6, 6.07) is 15.6. The molecular formula is C22H25N3O3S2. The lowest BCUT2D eigenvalue weighted by atomic mass is 10.2. The Morgan fingerprint density at radius 3 is 2.37 bits per heavy atom. The summed E-state index contributed by atoms with van der Waals surface area (Å²) in [6.45, 7) is 1.09. The minimum atomic E-state index is -3.53. The quantitative estimate of drug-likeness (QED) is 0.502. The van der Waals surface area contributed by atoms with Gasteiger partial charge in [0.15, 0.2) is 0 Å². The Balaban J connectivity index is 1.71. The Hall–Kier alpha value is -2.34. The molecule has 1 saturated heterocycles. The summed E-state index contributed by atoms with van der Waals surface area (Å²) in [6.07, 6.45) is 4.31. The van der Waals surface area contributed by atoms with Crippen molar-refractivity contribution in [1.29, 1.82) is 5.26 Å². The second kappa shape index (κ2) is 10.6. The number of benzene rings is 2. The Bertz CT molecular complexity index is 1010. The summed E-state index contributed by atoms with van der Waals surface area (Å²) in [7, 11) is -3.53. The number of thioether (sulfide) groups is 1. The maximum absolute atomic E-state index is 12.9. The molecule has 0 spiro atoms. The lowest BCUT2D eigenvalue weighted by Gasteiger charge is -2.20. The Labute approximate surface area is 182 Å². The highest BCUT2D eigenvalue weighted by molar-refractivity contribution is 7.99. The Morgan fingerprint density at radius 2 is 1.70 bits per heavy atom. The number of nitrogens with one attached hydrogen (secondary N) is 1. The van der Waals surface area contributed by atoms with Crippen LogP contribution in [0.3, 0.4) is 0 Å². The Kier molecular flexibility index (Phi) is 7.91. The summed E-state index contributed by atoms with van der Waals surface area (Å²) in [5.74, 6) is 0.342. The van der Waals surface area contributed by atoms with Crippen LogP contribution in [0.2, 0.25) is 0 Å². The van der Waals surface area contributed by atoms with Crippen LogP contribution in [0.1, 0.15) is 42.5 Å². The van der Waals surface area contributed by atoms with E-state index in [-0.39, 0.29) is 10.8 Å². The topological polar surface area (TPSA) is 90.3 Å². The van der Waals surface area contributed by atoms with Crippen molar-refractivity contribution in [3.05, 3.63) is 54.1 Å². The summed E-state index contributed by atoms with van der Waals surface area (Å²) in [4.78, 5) is 13.8. The van der Waals surface area contributed by atoms with Crippen LogP contribution < -0.4 is 5.32 Å². The molecule has 1 heterocycles. The van der Waals surface area contributed by atoms with Crippen LogP contribution in [0.5, 0.6) is 0 Å². The number of carbonyl (C=O) groups excluding carboxylic acids is 1. The van der Waals surface area contributed by atoms with Gasteiger partial charge in [0.05, 0.1) is 16.7 Å². The van der Waals surface area contributed by atoms with Crippen LogP contribution in [-0.4, -0.2) is 37.5 Å². The molecule has 158 valence electrons. The van der Waals surface area contributed by atoms with Gasteiger partial charge in [0.1, 0.15) is 0 Å². The second-order valence-corrected chi connectivity index (χ2v) is 10.1. The minimum absolute atomic E-state index is 0.216. The van der Waals surface area contributed by atoms with E-state index in [9.17, 15) is 13.2 Å². The number of carbonyl (C=O) groups is 1.